The van der Waals surface area contributed by atoms with Crippen LogP contribution in [-0.4, -0.2) is 22.2 Å². The van der Waals surface area contributed by atoms with Crippen LogP contribution >= 0.6 is 0 Å². The quantitative estimate of drug-likeness (QED) is 0.825. The SMILES string of the molecule is Cc1occc1C(=O)NC(C)(C)C(C)(C)O. The molecule has 2 N–H and O–H groups in total. The molecule has 1 heterocycles. The number of nitrogens with one attached hydrogen (secondary N) is 1. The maximum absolute atomic E-state index is 11.9. The van der Waals surface area contributed by atoms with Gasteiger partial charge < -0.3 is 14.8 Å². The number of amides is 1. The van der Waals surface area contributed by atoms with Crippen molar-refractivity contribution in [1.29, 1.82) is 0 Å². The van der Waals surface area contributed by atoms with Crippen LogP contribution in [0.25, 0.3) is 0 Å². The van der Waals surface area contributed by atoms with E-state index in [1.807, 2.05) is 0 Å². The first kappa shape index (κ1) is 12.8. The zero-order valence-corrected chi connectivity index (χ0v) is 10.4. The Morgan fingerprint density at radius 3 is 2.31 bits per heavy atom. The third-order valence-corrected chi connectivity index (χ3v) is 3.06. The minimum atomic E-state index is -1.000. The Labute approximate surface area is 95.7 Å². The summed E-state index contributed by atoms with van der Waals surface area (Å²) in [6.07, 6.45) is 1.47. The summed E-state index contributed by atoms with van der Waals surface area (Å²) in [7, 11) is 0. The molecule has 4 nitrogen and oxygen atoms in total. The lowest BCUT2D eigenvalue weighted by Gasteiger charge is -2.37. The fraction of sp³-hybridized carbons (Fsp3) is 0.583. The number of aliphatic hydroxyl groups is 1. The van der Waals surface area contributed by atoms with E-state index in [2.05, 4.69) is 5.32 Å². The van der Waals surface area contributed by atoms with Gasteiger partial charge in [0.2, 0.25) is 0 Å². The van der Waals surface area contributed by atoms with Gasteiger partial charge in [0.15, 0.2) is 0 Å². The van der Waals surface area contributed by atoms with Crippen LogP contribution in [0.4, 0.5) is 0 Å². The van der Waals surface area contributed by atoms with Crippen LogP contribution in [0.1, 0.15) is 43.8 Å². The summed E-state index contributed by atoms with van der Waals surface area (Å²) in [5.41, 5.74) is -1.22. The zero-order valence-electron chi connectivity index (χ0n) is 10.4. The van der Waals surface area contributed by atoms with Gasteiger partial charge in [0.05, 0.1) is 23.0 Å². The average Bonchev–Trinajstić information content (AvgIpc) is 2.48. The van der Waals surface area contributed by atoms with E-state index in [4.69, 9.17) is 4.42 Å². The molecule has 1 amide bonds. The standard InChI is InChI=1S/C12H19NO3/c1-8-9(6-7-16-8)10(14)13-11(2,3)12(4,5)15/h6-7,15H,1-5H3,(H,13,14). The van der Waals surface area contributed by atoms with Gasteiger partial charge in [-0.3, -0.25) is 4.79 Å². The van der Waals surface area contributed by atoms with Crippen LogP contribution in [0.3, 0.4) is 0 Å². The van der Waals surface area contributed by atoms with E-state index < -0.39 is 11.1 Å². The fourth-order valence-electron chi connectivity index (χ4n) is 1.12. The summed E-state index contributed by atoms with van der Waals surface area (Å²) in [6, 6.07) is 1.62. The Morgan fingerprint density at radius 1 is 1.38 bits per heavy atom. The van der Waals surface area contributed by atoms with Crippen molar-refractivity contribution in [3.05, 3.63) is 23.7 Å². The topological polar surface area (TPSA) is 62.5 Å². The van der Waals surface area contributed by atoms with Gasteiger partial charge in [-0.05, 0) is 40.7 Å². The predicted octanol–water partition coefficient (Wildman–Crippen LogP) is 1.87. The van der Waals surface area contributed by atoms with Gasteiger partial charge in [-0.2, -0.15) is 0 Å². The Kier molecular flexibility index (Phi) is 3.15. The maximum Gasteiger partial charge on any atom is 0.255 e. The number of rotatable bonds is 3. The Balaban J connectivity index is 2.84. The number of aryl methyl sites for hydroxylation is 1. The van der Waals surface area contributed by atoms with E-state index in [0.717, 1.165) is 0 Å². The van der Waals surface area contributed by atoms with Crippen LogP contribution in [0.2, 0.25) is 0 Å². The van der Waals surface area contributed by atoms with Gasteiger partial charge in [0.1, 0.15) is 5.76 Å². The smallest absolute Gasteiger partial charge is 0.255 e. The zero-order chi connectivity index (χ0) is 12.6. The van der Waals surface area contributed by atoms with Gasteiger partial charge in [0, 0.05) is 0 Å². The largest absolute Gasteiger partial charge is 0.469 e. The van der Waals surface area contributed by atoms with E-state index in [0.29, 0.717) is 11.3 Å². The molecule has 90 valence electrons. The van der Waals surface area contributed by atoms with Crippen molar-refractivity contribution in [2.24, 2.45) is 0 Å². The van der Waals surface area contributed by atoms with E-state index in [1.54, 1.807) is 40.7 Å². The van der Waals surface area contributed by atoms with Crippen molar-refractivity contribution < 1.29 is 14.3 Å². The minimum absolute atomic E-state index is 0.238. The van der Waals surface area contributed by atoms with Crippen molar-refractivity contribution in [3.63, 3.8) is 0 Å². The van der Waals surface area contributed by atoms with Crippen molar-refractivity contribution in [2.45, 2.75) is 45.8 Å². The second-order valence-electron chi connectivity index (χ2n) is 5.03. The van der Waals surface area contributed by atoms with Gasteiger partial charge in [-0.25, -0.2) is 0 Å². The molecular weight excluding hydrogens is 206 g/mol. The van der Waals surface area contributed by atoms with Crippen LogP contribution in [0.5, 0.6) is 0 Å². The lowest BCUT2D eigenvalue weighted by Crippen LogP contribution is -2.57. The summed E-state index contributed by atoms with van der Waals surface area (Å²) in [6.45, 7) is 8.61. The highest BCUT2D eigenvalue weighted by Gasteiger charge is 2.36. The van der Waals surface area contributed by atoms with Crippen molar-refractivity contribution in [2.75, 3.05) is 0 Å². The lowest BCUT2D eigenvalue weighted by atomic mass is 9.86. The molecule has 0 aliphatic rings. The van der Waals surface area contributed by atoms with Crippen LogP contribution in [-0.2, 0) is 0 Å². The highest BCUT2D eigenvalue weighted by Crippen LogP contribution is 2.21. The molecule has 0 bridgehead atoms. The molecule has 0 atom stereocenters. The lowest BCUT2D eigenvalue weighted by molar-refractivity contribution is -0.00296. The van der Waals surface area contributed by atoms with Crippen molar-refractivity contribution in [3.8, 4) is 0 Å². The Bertz CT molecular complexity index is 385. The van der Waals surface area contributed by atoms with Crippen LogP contribution in [0, 0.1) is 6.92 Å². The molecule has 0 aliphatic heterocycles. The summed E-state index contributed by atoms with van der Waals surface area (Å²) >= 11 is 0. The maximum atomic E-state index is 11.9. The van der Waals surface area contributed by atoms with Gasteiger partial charge >= 0.3 is 0 Å². The monoisotopic (exact) mass is 225 g/mol. The van der Waals surface area contributed by atoms with Crippen LogP contribution < -0.4 is 5.32 Å². The number of furan rings is 1. The second-order valence-corrected chi connectivity index (χ2v) is 5.03. The fourth-order valence-corrected chi connectivity index (χ4v) is 1.12. The van der Waals surface area contributed by atoms with Gasteiger partial charge in [0.25, 0.3) is 5.91 Å². The highest BCUT2D eigenvalue weighted by molar-refractivity contribution is 5.95. The molecule has 0 radical (unpaired) electrons. The molecule has 0 saturated heterocycles. The number of hydrogen-bond donors (Lipinski definition) is 2. The molecular formula is C12H19NO3. The average molecular weight is 225 g/mol. The van der Waals surface area contributed by atoms with Crippen molar-refractivity contribution >= 4 is 5.91 Å². The first-order valence-corrected chi connectivity index (χ1v) is 5.24. The predicted molar refractivity (Wildman–Crippen MR) is 61.3 cm³/mol. The van der Waals surface area contributed by atoms with Gasteiger partial charge in [-0.1, -0.05) is 0 Å². The van der Waals surface area contributed by atoms with E-state index >= 15 is 0 Å². The molecule has 0 aromatic carbocycles. The molecule has 0 fully saturated rings. The van der Waals surface area contributed by atoms with E-state index in [9.17, 15) is 9.90 Å². The third kappa shape index (κ3) is 2.44. The summed E-state index contributed by atoms with van der Waals surface area (Å²) in [5, 5.41) is 12.7. The molecule has 0 saturated carbocycles. The third-order valence-electron chi connectivity index (χ3n) is 3.06. The van der Waals surface area contributed by atoms with Gasteiger partial charge in [-0.15, -0.1) is 0 Å². The molecule has 4 heteroatoms. The summed E-state index contributed by atoms with van der Waals surface area (Å²) in [5.74, 6) is 0.336. The highest BCUT2D eigenvalue weighted by atomic mass is 16.3. The molecule has 16 heavy (non-hydrogen) atoms. The van der Waals surface area contributed by atoms with Crippen molar-refractivity contribution in [1.82, 2.24) is 5.32 Å². The second kappa shape index (κ2) is 3.94. The molecule has 1 rings (SSSR count). The first-order chi connectivity index (χ1) is 7.15. The number of hydrogen-bond acceptors (Lipinski definition) is 3. The van der Waals surface area contributed by atoms with Crippen LogP contribution in [0.15, 0.2) is 16.7 Å². The number of carbonyl (C=O) groups excluding carboxylic acids is 1. The first-order valence-electron chi connectivity index (χ1n) is 5.24. The number of carbonyl (C=O) groups is 1. The van der Waals surface area contributed by atoms with E-state index in [-0.39, 0.29) is 5.91 Å². The van der Waals surface area contributed by atoms with E-state index in [1.165, 1.54) is 6.26 Å². The normalized spacial score (nSPS) is 12.6. The molecule has 0 aliphatic carbocycles. The summed E-state index contributed by atoms with van der Waals surface area (Å²) < 4.78 is 5.06. The Morgan fingerprint density at radius 2 is 1.94 bits per heavy atom. The summed E-state index contributed by atoms with van der Waals surface area (Å²) in [4.78, 5) is 11.9. The molecule has 0 spiro atoms. The minimum Gasteiger partial charge on any atom is -0.469 e. The molecule has 1 aromatic heterocycles. The molecule has 0 unspecified atom stereocenters. The molecule has 1 aromatic rings. The Hall–Kier alpha value is -1.29.